The highest BCUT2D eigenvalue weighted by Gasteiger charge is 2.41. The van der Waals surface area contributed by atoms with Crippen LogP contribution in [0, 0.1) is 0 Å². The molecular formula is C23H25F5N6O4. The Bertz CT molecular complexity index is 1180. The van der Waals surface area contributed by atoms with E-state index in [0.717, 1.165) is 4.90 Å². The SMILES string of the molecule is O=C(O)N[C@@H](CC(=O)N1CCc2c(nc(-c3ccncc3)nc2C(F)(F)F)C1)CN1CC(F)(F)CCC1O. The van der Waals surface area contributed by atoms with Crippen molar-refractivity contribution in [3.63, 3.8) is 0 Å². The molecule has 2 atom stereocenters. The molecule has 2 aliphatic rings. The van der Waals surface area contributed by atoms with Crippen LogP contribution < -0.4 is 5.32 Å². The molecule has 0 radical (unpaired) electrons. The van der Waals surface area contributed by atoms with Gasteiger partial charge < -0.3 is 20.4 Å². The molecule has 10 nitrogen and oxygen atoms in total. The Morgan fingerprint density at radius 2 is 1.92 bits per heavy atom. The fraction of sp³-hybridized carbons (Fsp3) is 0.522. The minimum Gasteiger partial charge on any atom is -0.465 e. The minimum atomic E-state index is -4.76. The number of carbonyl (C=O) groups excluding carboxylic acids is 1. The number of nitrogens with zero attached hydrogens (tertiary/aromatic N) is 5. The van der Waals surface area contributed by atoms with Crippen molar-refractivity contribution in [3.05, 3.63) is 41.5 Å². The fourth-order valence-electron chi connectivity index (χ4n) is 4.66. The number of halogens is 5. The molecule has 4 rings (SSSR count). The standard InChI is InChI=1S/C23H25F5N6O4/c24-22(25)5-1-17(35)34(12-22)10-14(30-21(37)38)9-18(36)33-8-4-15-16(11-33)31-20(13-2-6-29-7-3-13)32-19(15)23(26,27)28/h2-3,6-7,14,17,30,35H,1,4-5,8-12H2,(H,37,38)/t14-,17?/m0/s1. The number of carbonyl (C=O) groups is 2. The lowest BCUT2D eigenvalue weighted by molar-refractivity contribution is -0.142. The predicted octanol–water partition coefficient (Wildman–Crippen LogP) is 2.52. The first-order valence-corrected chi connectivity index (χ1v) is 11.8. The van der Waals surface area contributed by atoms with Gasteiger partial charge in [-0.1, -0.05) is 0 Å². The Hall–Kier alpha value is -3.46. The van der Waals surface area contributed by atoms with Gasteiger partial charge in [-0.05, 0) is 25.0 Å². The number of pyridine rings is 1. The van der Waals surface area contributed by atoms with Crippen LogP contribution in [0.5, 0.6) is 0 Å². The molecule has 2 aromatic heterocycles. The molecular weight excluding hydrogens is 519 g/mol. The van der Waals surface area contributed by atoms with Crippen LogP contribution in [0.2, 0.25) is 0 Å². The Morgan fingerprint density at radius 3 is 2.58 bits per heavy atom. The Labute approximate surface area is 213 Å². The maximum atomic E-state index is 13.8. The van der Waals surface area contributed by atoms with Crippen LogP contribution in [0.3, 0.4) is 0 Å². The van der Waals surface area contributed by atoms with Gasteiger partial charge in [-0.2, -0.15) is 13.2 Å². The topological polar surface area (TPSA) is 132 Å². The highest BCUT2D eigenvalue weighted by molar-refractivity contribution is 5.78. The number of piperidine rings is 1. The number of likely N-dealkylation sites (tertiary alicyclic amines) is 1. The van der Waals surface area contributed by atoms with E-state index in [1.54, 1.807) is 0 Å². The van der Waals surface area contributed by atoms with Crippen LogP contribution >= 0.6 is 0 Å². The number of aromatic nitrogens is 3. The highest BCUT2D eigenvalue weighted by Crippen LogP contribution is 2.35. The number of carboxylic acid groups (broad SMARTS) is 1. The molecule has 1 saturated heterocycles. The molecule has 1 unspecified atom stereocenters. The molecule has 0 spiro atoms. The third-order valence-corrected chi connectivity index (χ3v) is 6.45. The average molecular weight is 544 g/mol. The zero-order valence-corrected chi connectivity index (χ0v) is 20.0. The smallest absolute Gasteiger partial charge is 0.433 e. The first-order chi connectivity index (χ1) is 17.8. The van der Waals surface area contributed by atoms with E-state index >= 15 is 0 Å². The summed E-state index contributed by atoms with van der Waals surface area (Å²) in [5.74, 6) is -3.86. The molecule has 2 amide bonds. The second-order valence-electron chi connectivity index (χ2n) is 9.28. The van der Waals surface area contributed by atoms with Gasteiger partial charge in [-0.3, -0.25) is 14.7 Å². The van der Waals surface area contributed by atoms with Crippen molar-refractivity contribution in [3.8, 4) is 11.4 Å². The van der Waals surface area contributed by atoms with E-state index in [9.17, 15) is 41.8 Å². The maximum absolute atomic E-state index is 13.8. The summed E-state index contributed by atoms with van der Waals surface area (Å²) in [7, 11) is 0. The zero-order chi connectivity index (χ0) is 27.7. The van der Waals surface area contributed by atoms with Gasteiger partial charge >= 0.3 is 12.3 Å². The van der Waals surface area contributed by atoms with Crippen LogP contribution in [-0.2, 0) is 23.9 Å². The molecule has 0 aliphatic carbocycles. The summed E-state index contributed by atoms with van der Waals surface area (Å²) in [6.45, 7) is -1.53. The van der Waals surface area contributed by atoms with E-state index in [-0.39, 0.29) is 49.6 Å². The summed E-state index contributed by atoms with van der Waals surface area (Å²) in [5.41, 5.74) is -0.906. The van der Waals surface area contributed by atoms with Crippen LogP contribution in [0.4, 0.5) is 26.7 Å². The van der Waals surface area contributed by atoms with Gasteiger partial charge in [0, 0.05) is 49.5 Å². The molecule has 206 valence electrons. The second-order valence-corrected chi connectivity index (χ2v) is 9.28. The number of alkyl halides is 5. The van der Waals surface area contributed by atoms with Gasteiger partial charge in [0.25, 0.3) is 5.92 Å². The first kappa shape index (κ1) is 27.6. The van der Waals surface area contributed by atoms with E-state index < -0.39 is 61.4 Å². The molecule has 4 heterocycles. The molecule has 38 heavy (non-hydrogen) atoms. The van der Waals surface area contributed by atoms with E-state index in [1.807, 2.05) is 0 Å². The van der Waals surface area contributed by atoms with E-state index in [2.05, 4.69) is 20.3 Å². The second kappa shape index (κ2) is 10.7. The third kappa shape index (κ3) is 6.51. The van der Waals surface area contributed by atoms with E-state index in [1.165, 1.54) is 29.4 Å². The van der Waals surface area contributed by atoms with Gasteiger partial charge in [0.1, 0.15) is 6.23 Å². The number of aliphatic hydroxyl groups is 1. The summed E-state index contributed by atoms with van der Waals surface area (Å²) in [5, 5.41) is 21.4. The van der Waals surface area contributed by atoms with Crippen molar-refractivity contribution in [1.29, 1.82) is 0 Å². The molecule has 0 bridgehead atoms. The van der Waals surface area contributed by atoms with Crippen LogP contribution in [-0.4, -0.2) is 84.8 Å². The maximum Gasteiger partial charge on any atom is 0.433 e. The van der Waals surface area contributed by atoms with Gasteiger partial charge in [0.2, 0.25) is 5.91 Å². The van der Waals surface area contributed by atoms with Crippen LogP contribution in [0.1, 0.15) is 36.2 Å². The van der Waals surface area contributed by atoms with Crippen molar-refractivity contribution >= 4 is 12.0 Å². The van der Waals surface area contributed by atoms with E-state index in [0.29, 0.717) is 5.56 Å². The van der Waals surface area contributed by atoms with E-state index in [4.69, 9.17) is 0 Å². The van der Waals surface area contributed by atoms with Crippen LogP contribution in [0.15, 0.2) is 24.5 Å². The van der Waals surface area contributed by atoms with Crippen molar-refractivity contribution in [1.82, 2.24) is 30.1 Å². The Kier molecular flexibility index (Phi) is 7.78. The molecule has 1 fully saturated rings. The number of aliphatic hydroxyl groups excluding tert-OH is 1. The van der Waals surface area contributed by atoms with Crippen molar-refractivity contribution in [2.45, 2.75) is 56.6 Å². The van der Waals surface area contributed by atoms with Crippen molar-refractivity contribution in [2.24, 2.45) is 0 Å². The zero-order valence-electron chi connectivity index (χ0n) is 20.0. The summed E-state index contributed by atoms with van der Waals surface area (Å²) in [6, 6.07) is 1.76. The minimum absolute atomic E-state index is 0.00701. The average Bonchev–Trinajstić information content (AvgIpc) is 2.84. The quantitative estimate of drug-likeness (QED) is 0.473. The fourth-order valence-corrected chi connectivity index (χ4v) is 4.66. The Morgan fingerprint density at radius 1 is 1.21 bits per heavy atom. The molecule has 2 aromatic rings. The normalized spacial score (nSPS) is 20.5. The predicted molar refractivity (Wildman–Crippen MR) is 121 cm³/mol. The number of fused-ring (bicyclic) bond motifs is 1. The monoisotopic (exact) mass is 544 g/mol. The molecule has 3 N–H and O–H groups in total. The molecule has 0 aromatic carbocycles. The lowest BCUT2D eigenvalue weighted by atomic mass is 10.0. The molecule has 15 heteroatoms. The van der Waals surface area contributed by atoms with Gasteiger partial charge in [-0.25, -0.2) is 23.5 Å². The molecule has 0 saturated carbocycles. The summed E-state index contributed by atoms with van der Waals surface area (Å²) >= 11 is 0. The summed E-state index contributed by atoms with van der Waals surface area (Å²) < 4.78 is 69.1. The lowest BCUT2D eigenvalue weighted by Crippen LogP contribution is -2.54. The summed E-state index contributed by atoms with van der Waals surface area (Å²) in [6.07, 6.45) is -6.08. The van der Waals surface area contributed by atoms with Crippen molar-refractivity contribution < 1.29 is 41.8 Å². The largest absolute Gasteiger partial charge is 0.465 e. The number of nitrogens with one attached hydrogen (secondary N) is 1. The Balaban J connectivity index is 1.54. The third-order valence-electron chi connectivity index (χ3n) is 6.45. The van der Waals surface area contributed by atoms with Gasteiger partial charge in [0.05, 0.1) is 24.8 Å². The highest BCUT2D eigenvalue weighted by atomic mass is 19.4. The first-order valence-electron chi connectivity index (χ1n) is 11.8. The number of rotatable bonds is 6. The molecule has 2 aliphatic heterocycles. The van der Waals surface area contributed by atoms with Gasteiger partial charge in [0.15, 0.2) is 11.5 Å². The van der Waals surface area contributed by atoms with Crippen molar-refractivity contribution in [2.75, 3.05) is 19.6 Å². The van der Waals surface area contributed by atoms with Crippen LogP contribution in [0.25, 0.3) is 11.4 Å². The number of hydrogen-bond donors (Lipinski definition) is 3. The lowest BCUT2D eigenvalue weighted by Gasteiger charge is -2.38. The van der Waals surface area contributed by atoms with Gasteiger partial charge in [-0.15, -0.1) is 0 Å². The number of amides is 2. The number of hydrogen-bond acceptors (Lipinski definition) is 7. The summed E-state index contributed by atoms with van der Waals surface area (Å²) in [4.78, 5) is 38.4.